The molecular weight excluding hydrogens is 226 g/mol. The van der Waals surface area contributed by atoms with Crippen LogP contribution < -0.4 is 5.32 Å². The average Bonchev–Trinajstić information content (AvgIpc) is 2.89. The van der Waals surface area contributed by atoms with Crippen molar-refractivity contribution in [3.63, 3.8) is 0 Å². The van der Waals surface area contributed by atoms with Crippen molar-refractivity contribution in [2.45, 2.75) is 26.9 Å². The van der Waals surface area contributed by atoms with Crippen molar-refractivity contribution in [2.24, 2.45) is 13.0 Å². The van der Waals surface area contributed by atoms with Crippen molar-refractivity contribution in [3.8, 4) is 0 Å². The van der Waals surface area contributed by atoms with Crippen molar-refractivity contribution in [2.75, 3.05) is 6.54 Å². The zero-order valence-corrected chi connectivity index (χ0v) is 11.3. The number of nitrogens with zero attached hydrogens (tertiary/aromatic N) is 4. The Morgan fingerprint density at radius 3 is 2.83 bits per heavy atom. The van der Waals surface area contributed by atoms with Crippen molar-refractivity contribution >= 4 is 0 Å². The van der Waals surface area contributed by atoms with E-state index in [1.807, 2.05) is 36.6 Å². The van der Waals surface area contributed by atoms with Gasteiger partial charge in [-0.05, 0) is 12.5 Å². The summed E-state index contributed by atoms with van der Waals surface area (Å²) >= 11 is 0. The highest BCUT2D eigenvalue weighted by Crippen LogP contribution is 2.05. The van der Waals surface area contributed by atoms with Gasteiger partial charge in [0.25, 0.3) is 0 Å². The van der Waals surface area contributed by atoms with Gasteiger partial charge in [0.05, 0.1) is 24.8 Å². The SMILES string of the molecule is CC(C)CNCc1cncn1Cc1cnn(C)c1. The van der Waals surface area contributed by atoms with E-state index in [1.54, 1.807) is 0 Å². The van der Waals surface area contributed by atoms with Crippen LogP contribution in [0.1, 0.15) is 25.1 Å². The fourth-order valence-corrected chi connectivity index (χ4v) is 1.88. The molecule has 0 saturated heterocycles. The monoisotopic (exact) mass is 247 g/mol. The first kappa shape index (κ1) is 12.8. The van der Waals surface area contributed by atoms with Crippen LogP contribution in [0.15, 0.2) is 24.9 Å². The molecule has 18 heavy (non-hydrogen) atoms. The van der Waals surface area contributed by atoms with E-state index in [-0.39, 0.29) is 0 Å². The molecular formula is C13H21N5. The quantitative estimate of drug-likeness (QED) is 0.839. The first-order valence-electron chi connectivity index (χ1n) is 6.32. The Hall–Kier alpha value is -1.62. The van der Waals surface area contributed by atoms with Gasteiger partial charge < -0.3 is 9.88 Å². The second-order valence-corrected chi connectivity index (χ2v) is 5.06. The Morgan fingerprint density at radius 1 is 1.33 bits per heavy atom. The number of aromatic nitrogens is 4. The molecule has 0 amide bonds. The van der Waals surface area contributed by atoms with Gasteiger partial charge in [-0.15, -0.1) is 0 Å². The predicted octanol–water partition coefficient (Wildman–Crippen LogP) is 1.41. The van der Waals surface area contributed by atoms with Crippen LogP contribution in [-0.4, -0.2) is 25.9 Å². The summed E-state index contributed by atoms with van der Waals surface area (Å²) in [5, 5.41) is 7.62. The number of rotatable bonds is 6. The number of aryl methyl sites for hydroxylation is 1. The number of imidazole rings is 1. The Morgan fingerprint density at radius 2 is 2.17 bits per heavy atom. The number of nitrogens with one attached hydrogen (secondary N) is 1. The molecule has 2 heterocycles. The Balaban J connectivity index is 1.95. The summed E-state index contributed by atoms with van der Waals surface area (Å²) in [5.74, 6) is 0.666. The zero-order valence-electron chi connectivity index (χ0n) is 11.3. The maximum absolute atomic E-state index is 4.22. The molecule has 0 aliphatic heterocycles. The second kappa shape index (κ2) is 5.82. The lowest BCUT2D eigenvalue weighted by atomic mass is 10.2. The van der Waals surface area contributed by atoms with Gasteiger partial charge in [-0.25, -0.2) is 4.98 Å². The summed E-state index contributed by atoms with van der Waals surface area (Å²) < 4.78 is 3.98. The highest BCUT2D eigenvalue weighted by Gasteiger charge is 2.04. The summed E-state index contributed by atoms with van der Waals surface area (Å²) in [5.41, 5.74) is 2.40. The minimum atomic E-state index is 0.666. The summed E-state index contributed by atoms with van der Waals surface area (Å²) in [4.78, 5) is 4.22. The maximum atomic E-state index is 4.22. The molecule has 0 spiro atoms. The minimum absolute atomic E-state index is 0.666. The smallest absolute Gasteiger partial charge is 0.0951 e. The van der Waals surface area contributed by atoms with Crippen LogP contribution in [-0.2, 0) is 20.1 Å². The molecule has 0 aliphatic rings. The van der Waals surface area contributed by atoms with Gasteiger partial charge in [0.1, 0.15) is 0 Å². The Bertz CT molecular complexity index is 483. The number of hydrogen-bond acceptors (Lipinski definition) is 3. The molecule has 0 atom stereocenters. The summed E-state index contributed by atoms with van der Waals surface area (Å²) in [7, 11) is 1.93. The molecule has 5 heteroatoms. The van der Waals surface area contributed by atoms with Crippen LogP contribution in [0.25, 0.3) is 0 Å². The van der Waals surface area contributed by atoms with Crippen LogP contribution in [0.3, 0.4) is 0 Å². The second-order valence-electron chi connectivity index (χ2n) is 5.06. The van der Waals surface area contributed by atoms with Gasteiger partial charge in [-0.3, -0.25) is 4.68 Å². The summed E-state index contributed by atoms with van der Waals surface area (Å²) in [6.45, 7) is 7.13. The third kappa shape index (κ3) is 3.43. The normalized spacial score (nSPS) is 11.3. The van der Waals surface area contributed by atoms with Crippen molar-refractivity contribution in [3.05, 3.63) is 36.2 Å². The van der Waals surface area contributed by atoms with Crippen LogP contribution >= 0.6 is 0 Å². The van der Waals surface area contributed by atoms with Crippen LogP contribution in [0, 0.1) is 5.92 Å². The summed E-state index contributed by atoms with van der Waals surface area (Å²) in [6, 6.07) is 0. The molecule has 0 saturated carbocycles. The maximum Gasteiger partial charge on any atom is 0.0951 e. The predicted molar refractivity (Wildman–Crippen MR) is 71.1 cm³/mol. The molecule has 2 rings (SSSR count). The lowest BCUT2D eigenvalue weighted by molar-refractivity contribution is 0.539. The van der Waals surface area contributed by atoms with E-state index in [0.29, 0.717) is 5.92 Å². The van der Waals surface area contributed by atoms with Crippen LogP contribution in [0.5, 0.6) is 0 Å². The van der Waals surface area contributed by atoms with Gasteiger partial charge in [0, 0.05) is 31.5 Å². The molecule has 0 aliphatic carbocycles. The molecule has 2 aromatic heterocycles. The van der Waals surface area contributed by atoms with Crippen LogP contribution in [0.2, 0.25) is 0 Å². The van der Waals surface area contributed by atoms with Crippen molar-refractivity contribution in [1.29, 1.82) is 0 Å². The van der Waals surface area contributed by atoms with Gasteiger partial charge in [-0.2, -0.15) is 5.10 Å². The van der Waals surface area contributed by atoms with E-state index in [4.69, 9.17) is 0 Å². The Kier molecular flexibility index (Phi) is 4.15. The van der Waals surface area contributed by atoms with E-state index in [9.17, 15) is 0 Å². The molecule has 0 aromatic carbocycles. The minimum Gasteiger partial charge on any atom is -0.329 e. The fraction of sp³-hybridized carbons (Fsp3) is 0.538. The zero-order chi connectivity index (χ0) is 13.0. The lowest BCUT2D eigenvalue weighted by Gasteiger charge is -2.09. The molecule has 0 fully saturated rings. The third-order valence-corrected chi connectivity index (χ3v) is 2.77. The molecule has 2 aromatic rings. The van der Waals surface area contributed by atoms with Gasteiger partial charge in [0.2, 0.25) is 0 Å². The molecule has 0 bridgehead atoms. The van der Waals surface area contributed by atoms with Crippen molar-refractivity contribution in [1.82, 2.24) is 24.6 Å². The van der Waals surface area contributed by atoms with Gasteiger partial charge in [0.15, 0.2) is 0 Å². The molecule has 0 radical (unpaired) electrons. The molecule has 1 N–H and O–H groups in total. The first-order chi connectivity index (χ1) is 8.65. The topological polar surface area (TPSA) is 47.7 Å². The first-order valence-corrected chi connectivity index (χ1v) is 6.32. The molecule has 98 valence electrons. The van der Waals surface area contributed by atoms with Gasteiger partial charge in [-0.1, -0.05) is 13.8 Å². The van der Waals surface area contributed by atoms with Crippen molar-refractivity contribution < 1.29 is 0 Å². The van der Waals surface area contributed by atoms with E-state index in [1.165, 1.54) is 11.3 Å². The average molecular weight is 247 g/mol. The largest absolute Gasteiger partial charge is 0.329 e. The highest BCUT2D eigenvalue weighted by molar-refractivity contribution is 5.08. The number of hydrogen-bond donors (Lipinski definition) is 1. The van der Waals surface area contributed by atoms with Gasteiger partial charge >= 0.3 is 0 Å². The lowest BCUT2D eigenvalue weighted by Crippen LogP contribution is -2.20. The fourth-order valence-electron chi connectivity index (χ4n) is 1.88. The molecule has 5 nitrogen and oxygen atoms in total. The van der Waals surface area contributed by atoms with E-state index in [0.717, 1.165) is 19.6 Å². The van der Waals surface area contributed by atoms with E-state index in [2.05, 4.69) is 33.8 Å². The standard InChI is InChI=1S/C13H21N5/c1-11(2)4-14-6-13-7-15-10-18(13)9-12-5-16-17(3)8-12/h5,7-8,10-11,14H,4,6,9H2,1-3H3. The Labute approximate surface area is 108 Å². The third-order valence-electron chi connectivity index (χ3n) is 2.77. The molecule has 0 unspecified atom stereocenters. The van der Waals surface area contributed by atoms with Crippen LogP contribution in [0.4, 0.5) is 0 Å². The highest BCUT2D eigenvalue weighted by atomic mass is 15.2. The summed E-state index contributed by atoms with van der Waals surface area (Å²) in [6.07, 6.45) is 7.72. The van der Waals surface area contributed by atoms with E-state index < -0.39 is 0 Å². The van der Waals surface area contributed by atoms with E-state index >= 15 is 0 Å².